The number of halogens is 1. The van der Waals surface area contributed by atoms with Gasteiger partial charge in [-0.05, 0) is 24.3 Å². The van der Waals surface area contributed by atoms with Crippen LogP contribution in [0.15, 0.2) is 55.0 Å². The Hall–Kier alpha value is -5.03. The van der Waals surface area contributed by atoms with Crippen LogP contribution in [-0.2, 0) is 13.2 Å². The molecule has 0 bridgehead atoms. The number of aromatic nitrogens is 7. The molecule has 1 aromatic carbocycles. The summed E-state index contributed by atoms with van der Waals surface area (Å²) in [5.74, 6) is 0.234. The van der Waals surface area contributed by atoms with Gasteiger partial charge in [0.05, 0.1) is 12.0 Å². The Labute approximate surface area is 238 Å². The van der Waals surface area contributed by atoms with E-state index in [2.05, 4.69) is 30.2 Å². The largest absolute Gasteiger partial charge is 0.484 e. The van der Waals surface area contributed by atoms with Gasteiger partial charge in [-0.3, -0.25) is 14.3 Å². The van der Waals surface area contributed by atoms with Crippen LogP contribution in [0.5, 0.6) is 5.75 Å². The second-order valence-electron chi connectivity index (χ2n) is 9.53. The lowest BCUT2D eigenvalue weighted by atomic mass is 10.2. The molecule has 0 aliphatic carbocycles. The fourth-order valence-electron chi connectivity index (χ4n) is 4.89. The zero-order chi connectivity index (χ0) is 28.8. The molecule has 5 aromatic heterocycles. The number of piperazine rings is 1. The van der Waals surface area contributed by atoms with E-state index in [4.69, 9.17) is 19.3 Å². The first-order valence-corrected chi connectivity index (χ1v) is 13.8. The zero-order valence-electron chi connectivity index (χ0n) is 21.9. The number of nitrogen functional groups attached to an aromatic ring is 1. The summed E-state index contributed by atoms with van der Waals surface area (Å²) >= 11 is 1.05. The second-order valence-corrected chi connectivity index (χ2v) is 10.5. The minimum Gasteiger partial charge on any atom is -0.484 e. The molecule has 6 heterocycles. The van der Waals surface area contributed by atoms with E-state index in [0.717, 1.165) is 11.3 Å². The predicted molar refractivity (Wildman–Crippen MR) is 149 cm³/mol. The van der Waals surface area contributed by atoms with Crippen LogP contribution in [0, 0.1) is 5.82 Å². The molecule has 1 fully saturated rings. The van der Waals surface area contributed by atoms with Crippen molar-refractivity contribution in [3.05, 3.63) is 68.5 Å². The number of fused-ring (bicyclic) bond motifs is 3. The number of nitrogens with zero attached hydrogens (tertiary/aromatic N) is 8. The molecule has 42 heavy (non-hydrogen) atoms. The number of ether oxygens (including phenoxy) is 1. The Bertz CT molecular complexity index is 2000. The number of H-pyrrole nitrogens is 1. The Morgan fingerprint density at radius 3 is 2.69 bits per heavy atom. The van der Waals surface area contributed by atoms with Gasteiger partial charge in [0.25, 0.3) is 5.89 Å². The van der Waals surface area contributed by atoms with Crippen LogP contribution in [-0.4, -0.2) is 72.0 Å². The number of hydrogen-bond acceptors (Lipinski definition) is 13. The topological polar surface area (TPSA) is 179 Å². The van der Waals surface area contributed by atoms with Gasteiger partial charge in [-0.1, -0.05) is 11.3 Å². The summed E-state index contributed by atoms with van der Waals surface area (Å²) in [7, 11) is 0. The number of nitrogens with one attached hydrogen (secondary N) is 1. The number of rotatable bonds is 8. The van der Waals surface area contributed by atoms with Gasteiger partial charge < -0.3 is 24.2 Å². The molecule has 3 N–H and O–H groups in total. The van der Waals surface area contributed by atoms with E-state index in [1.165, 1.54) is 16.8 Å². The van der Waals surface area contributed by atoms with Gasteiger partial charge in [-0.15, -0.1) is 10.2 Å². The van der Waals surface area contributed by atoms with E-state index in [0.29, 0.717) is 78.3 Å². The van der Waals surface area contributed by atoms with Crippen molar-refractivity contribution in [2.45, 2.75) is 13.2 Å². The number of benzene rings is 1. The summed E-state index contributed by atoms with van der Waals surface area (Å²) in [6.07, 6.45) is 1.53. The number of furan rings is 1. The molecule has 0 amide bonds. The Kier molecular flexibility index (Phi) is 6.43. The third kappa shape index (κ3) is 4.77. The van der Waals surface area contributed by atoms with Crippen LogP contribution >= 0.6 is 11.3 Å². The van der Waals surface area contributed by atoms with E-state index in [-0.39, 0.29) is 23.3 Å². The lowest BCUT2D eigenvalue weighted by Crippen LogP contribution is -2.47. The van der Waals surface area contributed by atoms with Crippen molar-refractivity contribution in [3.63, 3.8) is 0 Å². The molecule has 17 heteroatoms. The Balaban J connectivity index is 1.00. The first kappa shape index (κ1) is 25.9. The number of hydrogen-bond donors (Lipinski definition) is 2. The molecule has 0 atom stereocenters. The molecule has 0 radical (unpaired) electrons. The van der Waals surface area contributed by atoms with Crippen LogP contribution in [0.25, 0.3) is 27.6 Å². The van der Waals surface area contributed by atoms with Crippen molar-refractivity contribution in [2.24, 2.45) is 0 Å². The number of thiazole rings is 1. The Morgan fingerprint density at radius 1 is 1.10 bits per heavy atom. The molecular formula is C25H23FN10O5S. The standard InChI is InChI=1S/C25H23FN10O5S/c26-15-12-14(40-13-18-30-31-24(37)41-18)3-4-16(15)34-8-5-33(6-9-34)7-10-35-21-19(42-25(35)38)22-28-20(17-2-1-11-39-17)32-36(22)23(27)29-21/h1-4,11-12H,5-10,13H2,(H2,27,29)(H,31,37). The van der Waals surface area contributed by atoms with E-state index >= 15 is 0 Å². The van der Waals surface area contributed by atoms with E-state index in [9.17, 15) is 14.0 Å². The Morgan fingerprint density at radius 2 is 1.95 bits per heavy atom. The highest BCUT2D eigenvalue weighted by atomic mass is 32.1. The average Bonchev–Trinajstić information content (AvgIpc) is 3.79. The highest BCUT2D eigenvalue weighted by Gasteiger charge is 2.23. The molecule has 216 valence electrons. The molecular weight excluding hydrogens is 571 g/mol. The molecule has 6 aromatic rings. The molecule has 15 nitrogen and oxygen atoms in total. The van der Waals surface area contributed by atoms with Crippen molar-refractivity contribution in [1.29, 1.82) is 0 Å². The smallest absolute Gasteiger partial charge is 0.434 e. The average molecular weight is 595 g/mol. The third-order valence-corrected chi connectivity index (χ3v) is 7.94. The van der Waals surface area contributed by atoms with Gasteiger partial charge in [0.15, 0.2) is 23.7 Å². The lowest BCUT2D eigenvalue weighted by Gasteiger charge is -2.36. The quantitative estimate of drug-likeness (QED) is 0.260. The van der Waals surface area contributed by atoms with Crippen molar-refractivity contribution in [3.8, 4) is 17.3 Å². The fraction of sp³-hybridized carbons (Fsp3) is 0.280. The first-order valence-electron chi connectivity index (χ1n) is 13.0. The zero-order valence-corrected chi connectivity index (χ0v) is 22.7. The van der Waals surface area contributed by atoms with Gasteiger partial charge in [0, 0.05) is 45.3 Å². The minimum atomic E-state index is -0.681. The van der Waals surface area contributed by atoms with E-state index < -0.39 is 11.6 Å². The van der Waals surface area contributed by atoms with E-state index in [1.807, 2.05) is 4.90 Å². The SMILES string of the molecule is Nc1nc2c(sc(=O)n2CCN2CCN(c3ccc(OCc4n[nH]c(=O)o4)cc3F)CC2)c2nc(-c3ccco3)nn12. The minimum absolute atomic E-state index is 0.0728. The highest BCUT2D eigenvalue weighted by Crippen LogP contribution is 2.27. The summed E-state index contributed by atoms with van der Waals surface area (Å²) in [6, 6.07) is 8.10. The van der Waals surface area contributed by atoms with Gasteiger partial charge in [0.1, 0.15) is 16.3 Å². The molecule has 0 spiro atoms. The molecule has 1 saturated heterocycles. The molecule has 1 aliphatic heterocycles. The summed E-state index contributed by atoms with van der Waals surface area (Å²) in [6.45, 7) is 3.50. The predicted octanol–water partition coefficient (Wildman–Crippen LogP) is 1.56. The number of aromatic amines is 1. The highest BCUT2D eigenvalue weighted by molar-refractivity contribution is 7.17. The van der Waals surface area contributed by atoms with Gasteiger partial charge in [0.2, 0.25) is 11.8 Å². The normalized spacial score (nSPS) is 14.4. The van der Waals surface area contributed by atoms with Crippen molar-refractivity contribution < 1.29 is 18.0 Å². The van der Waals surface area contributed by atoms with Crippen molar-refractivity contribution >= 4 is 39.0 Å². The van der Waals surface area contributed by atoms with Crippen LogP contribution < -0.4 is 26.0 Å². The maximum absolute atomic E-state index is 14.9. The maximum atomic E-state index is 14.9. The number of nitrogens with two attached hydrogens (primary N) is 1. The first-order chi connectivity index (χ1) is 20.4. The maximum Gasteiger partial charge on any atom is 0.434 e. The van der Waals surface area contributed by atoms with Gasteiger partial charge in [-0.2, -0.15) is 9.50 Å². The van der Waals surface area contributed by atoms with Gasteiger partial charge >= 0.3 is 10.6 Å². The molecule has 7 rings (SSSR count). The van der Waals surface area contributed by atoms with E-state index in [1.54, 1.807) is 28.8 Å². The molecule has 1 aliphatic rings. The summed E-state index contributed by atoms with van der Waals surface area (Å²) in [5, 5.41) is 10.2. The summed E-state index contributed by atoms with van der Waals surface area (Å²) in [4.78, 5) is 37.0. The second kappa shape index (κ2) is 10.4. The van der Waals surface area contributed by atoms with Crippen LogP contribution in [0.1, 0.15) is 5.89 Å². The lowest BCUT2D eigenvalue weighted by molar-refractivity contribution is 0.247. The molecule has 0 unspecified atom stereocenters. The monoisotopic (exact) mass is 594 g/mol. The molecule has 0 saturated carbocycles. The summed E-state index contributed by atoms with van der Waals surface area (Å²) < 4.78 is 34.2. The van der Waals surface area contributed by atoms with Crippen LogP contribution in [0.3, 0.4) is 0 Å². The number of anilines is 2. The van der Waals surface area contributed by atoms with Crippen molar-refractivity contribution in [2.75, 3.05) is 43.4 Å². The fourth-order valence-corrected chi connectivity index (χ4v) is 5.82. The van der Waals surface area contributed by atoms with Crippen LogP contribution in [0.2, 0.25) is 0 Å². The van der Waals surface area contributed by atoms with Gasteiger partial charge in [-0.25, -0.2) is 19.3 Å². The third-order valence-electron chi connectivity index (χ3n) is 6.97. The van der Waals surface area contributed by atoms with Crippen molar-refractivity contribution in [1.82, 2.24) is 39.2 Å². The summed E-state index contributed by atoms with van der Waals surface area (Å²) in [5.41, 5.74) is 7.56. The van der Waals surface area contributed by atoms with Crippen LogP contribution in [0.4, 0.5) is 16.0 Å².